The van der Waals surface area contributed by atoms with E-state index in [-0.39, 0.29) is 6.54 Å². The van der Waals surface area contributed by atoms with Crippen LogP contribution in [0.2, 0.25) is 0 Å². The Morgan fingerprint density at radius 3 is 2.83 bits per heavy atom. The molecule has 6 nitrogen and oxygen atoms in total. The van der Waals surface area contributed by atoms with Crippen molar-refractivity contribution in [1.82, 2.24) is 5.32 Å². The monoisotopic (exact) mass is 318 g/mol. The predicted molar refractivity (Wildman–Crippen MR) is 87.6 cm³/mol. The van der Waals surface area contributed by atoms with Crippen LogP contribution in [0, 0.1) is 6.92 Å². The topological polar surface area (TPSA) is 83.7 Å². The molecular formula is C17H22N2O4. The molecule has 1 heterocycles. The molecule has 2 rings (SSSR count). The summed E-state index contributed by atoms with van der Waals surface area (Å²) in [6.45, 7) is 5.93. The van der Waals surface area contributed by atoms with Crippen molar-refractivity contribution in [2.24, 2.45) is 0 Å². The molecule has 0 saturated heterocycles. The summed E-state index contributed by atoms with van der Waals surface area (Å²) in [6.07, 6.45) is 1.48. The summed E-state index contributed by atoms with van der Waals surface area (Å²) >= 11 is 0. The van der Waals surface area contributed by atoms with E-state index in [1.807, 2.05) is 26.0 Å². The van der Waals surface area contributed by atoms with Gasteiger partial charge < -0.3 is 24.9 Å². The molecule has 0 aliphatic heterocycles. The molecule has 0 saturated carbocycles. The zero-order valence-electron chi connectivity index (χ0n) is 13.6. The van der Waals surface area contributed by atoms with E-state index in [1.54, 1.807) is 25.1 Å². The molecule has 1 unspecified atom stereocenters. The van der Waals surface area contributed by atoms with Crippen molar-refractivity contribution >= 4 is 11.7 Å². The zero-order valence-corrected chi connectivity index (χ0v) is 13.6. The molecule has 124 valence electrons. The average Bonchev–Trinajstić information content (AvgIpc) is 3.04. The summed E-state index contributed by atoms with van der Waals surface area (Å²) in [6, 6.07) is 8.44. The predicted octanol–water partition coefficient (Wildman–Crippen LogP) is 3.02. The molecule has 1 atom stereocenters. The van der Waals surface area contributed by atoms with E-state index >= 15 is 0 Å². The van der Waals surface area contributed by atoms with Crippen LogP contribution < -0.4 is 15.4 Å². The maximum Gasteiger partial charge on any atom is 0.319 e. The van der Waals surface area contributed by atoms with Crippen LogP contribution in [0.25, 0.3) is 0 Å². The minimum Gasteiger partial charge on any atom is -0.492 e. The van der Waals surface area contributed by atoms with Crippen LogP contribution >= 0.6 is 0 Å². The number of aliphatic hydroxyl groups is 1. The van der Waals surface area contributed by atoms with Gasteiger partial charge in [-0.1, -0.05) is 6.07 Å². The van der Waals surface area contributed by atoms with Gasteiger partial charge in [-0.05, 0) is 50.6 Å². The molecule has 6 heteroatoms. The van der Waals surface area contributed by atoms with Gasteiger partial charge in [0.25, 0.3) is 0 Å². The summed E-state index contributed by atoms with van der Waals surface area (Å²) in [5.74, 6) is 1.00. The van der Waals surface area contributed by atoms with Gasteiger partial charge >= 0.3 is 6.03 Å². The number of aryl methyl sites for hydroxylation is 1. The fourth-order valence-corrected chi connectivity index (χ4v) is 2.10. The third-order valence-corrected chi connectivity index (χ3v) is 3.33. The first-order chi connectivity index (χ1) is 10.9. The lowest BCUT2D eigenvalue weighted by Gasteiger charge is -2.21. The summed E-state index contributed by atoms with van der Waals surface area (Å²) in [7, 11) is 0. The van der Waals surface area contributed by atoms with E-state index in [0.717, 1.165) is 5.56 Å². The number of ether oxygens (including phenoxy) is 1. The minimum atomic E-state index is -1.28. The van der Waals surface area contributed by atoms with Gasteiger partial charge in [0.1, 0.15) is 17.1 Å². The number of urea groups is 1. The van der Waals surface area contributed by atoms with E-state index in [4.69, 9.17) is 9.15 Å². The van der Waals surface area contributed by atoms with Crippen molar-refractivity contribution in [2.75, 3.05) is 18.5 Å². The van der Waals surface area contributed by atoms with E-state index in [1.165, 1.54) is 6.26 Å². The summed E-state index contributed by atoms with van der Waals surface area (Å²) in [5, 5.41) is 15.7. The minimum absolute atomic E-state index is 0.0160. The number of hydrogen-bond acceptors (Lipinski definition) is 4. The van der Waals surface area contributed by atoms with Gasteiger partial charge in [0, 0.05) is 0 Å². The second kappa shape index (κ2) is 7.19. The van der Waals surface area contributed by atoms with E-state index < -0.39 is 11.6 Å². The van der Waals surface area contributed by atoms with Crippen molar-refractivity contribution in [3.63, 3.8) is 0 Å². The number of anilines is 1. The lowest BCUT2D eigenvalue weighted by atomic mass is 10.0. The highest BCUT2D eigenvalue weighted by Crippen LogP contribution is 2.26. The quantitative estimate of drug-likeness (QED) is 0.764. The van der Waals surface area contributed by atoms with Gasteiger partial charge in [0.2, 0.25) is 0 Å². The van der Waals surface area contributed by atoms with Crippen molar-refractivity contribution < 1.29 is 19.1 Å². The number of amides is 2. The van der Waals surface area contributed by atoms with Crippen LogP contribution in [0.1, 0.15) is 25.2 Å². The first-order valence-corrected chi connectivity index (χ1v) is 7.47. The SMILES string of the molecule is CCOc1cc(C)ccc1NC(=O)NCC(C)(O)c1ccco1. The molecule has 3 N–H and O–H groups in total. The van der Waals surface area contributed by atoms with E-state index in [2.05, 4.69) is 10.6 Å². The lowest BCUT2D eigenvalue weighted by Crippen LogP contribution is -2.40. The fraction of sp³-hybridized carbons (Fsp3) is 0.353. The highest BCUT2D eigenvalue weighted by molar-refractivity contribution is 5.91. The van der Waals surface area contributed by atoms with Crippen LogP contribution in [-0.4, -0.2) is 24.3 Å². The van der Waals surface area contributed by atoms with E-state index in [9.17, 15) is 9.90 Å². The number of furan rings is 1. The Kier molecular flexibility index (Phi) is 5.28. The Morgan fingerprint density at radius 1 is 1.39 bits per heavy atom. The van der Waals surface area contributed by atoms with Crippen LogP contribution in [0.15, 0.2) is 41.0 Å². The number of carbonyl (C=O) groups is 1. The summed E-state index contributed by atoms with van der Waals surface area (Å²) < 4.78 is 10.7. The van der Waals surface area contributed by atoms with Gasteiger partial charge in [0.05, 0.1) is 25.1 Å². The Bertz CT molecular complexity index is 651. The number of carbonyl (C=O) groups excluding carboxylic acids is 1. The van der Waals surface area contributed by atoms with Crippen molar-refractivity contribution in [3.05, 3.63) is 47.9 Å². The first-order valence-electron chi connectivity index (χ1n) is 7.47. The smallest absolute Gasteiger partial charge is 0.319 e. The molecule has 0 fully saturated rings. The summed E-state index contributed by atoms with van der Waals surface area (Å²) in [4.78, 5) is 12.1. The molecule has 0 radical (unpaired) electrons. The Morgan fingerprint density at radius 2 is 2.17 bits per heavy atom. The Balaban J connectivity index is 1.97. The zero-order chi connectivity index (χ0) is 16.9. The maximum absolute atomic E-state index is 12.1. The maximum atomic E-state index is 12.1. The first kappa shape index (κ1) is 16.9. The normalized spacial score (nSPS) is 13.2. The van der Waals surface area contributed by atoms with Gasteiger partial charge in [-0.25, -0.2) is 4.79 Å². The van der Waals surface area contributed by atoms with Gasteiger partial charge in [-0.15, -0.1) is 0 Å². The molecule has 0 aliphatic carbocycles. The van der Waals surface area contributed by atoms with Crippen LogP contribution in [0.5, 0.6) is 5.75 Å². The number of benzene rings is 1. The van der Waals surface area contributed by atoms with Crippen LogP contribution in [0.4, 0.5) is 10.5 Å². The number of nitrogens with one attached hydrogen (secondary N) is 2. The van der Waals surface area contributed by atoms with Crippen molar-refractivity contribution in [1.29, 1.82) is 0 Å². The number of rotatable bonds is 6. The highest BCUT2D eigenvalue weighted by atomic mass is 16.5. The molecule has 2 amide bonds. The summed E-state index contributed by atoms with van der Waals surface area (Å²) in [5.41, 5.74) is 0.337. The van der Waals surface area contributed by atoms with Gasteiger partial charge in [-0.3, -0.25) is 0 Å². The third-order valence-electron chi connectivity index (χ3n) is 3.33. The standard InChI is InChI=1S/C17H22N2O4/c1-4-22-14-10-12(2)7-8-13(14)19-16(20)18-11-17(3,21)15-6-5-9-23-15/h5-10,21H,4,11H2,1-3H3,(H2,18,19,20). The van der Waals surface area contributed by atoms with Gasteiger partial charge in [0.15, 0.2) is 0 Å². The highest BCUT2D eigenvalue weighted by Gasteiger charge is 2.26. The molecule has 0 spiro atoms. The molecule has 23 heavy (non-hydrogen) atoms. The Hall–Kier alpha value is -2.47. The van der Waals surface area contributed by atoms with E-state index in [0.29, 0.717) is 23.8 Å². The van der Waals surface area contributed by atoms with Crippen LogP contribution in [0.3, 0.4) is 0 Å². The molecule has 0 aliphatic rings. The molecule has 1 aromatic heterocycles. The largest absolute Gasteiger partial charge is 0.492 e. The van der Waals surface area contributed by atoms with Crippen LogP contribution in [-0.2, 0) is 5.60 Å². The Labute approximate surface area is 135 Å². The second-order valence-electron chi connectivity index (χ2n) is 5.49. The molecule has 1 aromatic carbocycles. The lowest BCUT2D eigenvalue weighted by molar-refractivity contribution is 0.0372. The molecule has 2 aromatic rings. The number of hydrogen-bond donors (Lipinski definition) is 3. The van der Waals surface area contributed by atoms with Gasteiger partial charge in [-0.2, -0.15) is 0 Å². The average molecular weight is 318 g/mol. The molecule has 0 bridgehead atoms. The molecular weight excluding hydrogens is 296 g/mol. The third kappa shape index (κ3) is 4.50. The second-order valence-corrected chi connectivity index (χ2v) is 5.49. The van der Waals surface area contributed by atoms with Crippen molar-refractivity contribution in [2.45, 2.75) is 26.4 Å². The van der Waals surface area contributed by atoms with Crippen molar-refractivity contribution in [3.8, 4) is 5.75 Å². The fourth-order valence-electron chi connectivity index (χ4n) is 2.10.